The Bertz CT molecular complexity index is 355. The van der Waals surface area contributed by atoms with Gasteiger partial charge in [-0.1, -0.05) is 6.92 Å². The number of pyridine rings is 1. The number of hydrogen-bond donors (Lipinski definition) is 2. The fraction of sp³-hybridized carbons (Fsp3) is 0.500. The number of carbonyl (C=O) groups excluding carboxylic acids is 1. The van der Waals surface area contributed by atoms with Crippen LogP contribution in [0.15, 0.2) is 18.5 Å². The van der Waals surface area contributed by atoms with E-state index in [9.17, 15) is 4.79 Å². The third kappa shape index (κ3) is 4.40. The Labute approximate surface area is 102 Å². The van der Waals surface area contributed by atoms with Crippen molar-refractivity contribution in [2.24, 2.45) is 0 Å². The van der Waals surface area contributed by atoms with Crippen molar-refractivity contribution in [2.45, 2.75) is 13.3 Å². The van der Waals surface area contributed by atoms with Gasteiger partial charge in [-0.3, -0.25) is 9.78 Å². The Morgan fingerprint density at radius 2 is 2.29 bits per heavy atom. The second-order valence-electron chi connectivity index (χ2n) is 3.60. The third-order valence-electron chi connectivity index (χ3n) is 2.22. The highest BCUT2D eigenvalue weighted by molar-refractivity contribution is 5.99. The van der Waals surface area contributed by atoms with Crippen LogP contribution < -0.4 is 10.6 Å². The van der Waals surface area contributed by atoms with Gasteiger partial charge in [0.05, 0.1) is 17.9 Å². The molecule has 1 amide bonds. The van der Waals surface area contributed by atoms with Crippen LogP contribution in [0.25, 0.3) is 0 Å². The summed E-state index contributed by atoms with van der Waals surface area (Å²) < 4.78 is 4.88. The van der Waals surface area contributed by atoms with Crippen LogP contribution in [0.1, 0.15) is 23.7 Å². The molecule has 0 aliphatic heterocycles. The van der Waals surface area contributed by atoms with Crippen molar-refractivity contribution in [3.05, 3.63) is 24.0 Å². The molecule has 5 nitrogen and oxygen atoms in total. The summed E-state index contributed by atoms with van der Waals surface area (Å²) >= 11 is 0. The van der Waals surface area contributed by atoms with Gasteiger partial charge in [-0.05, 0) is 12.5 Å². The lowest BCUT2D eigenvalue weighted by atomic mass is 10.2. The molecule has 0 bridgehead atoms. The first kappa shape index (κ1) is 13.4. The Balaban J connectivity index is 2.64. The van der Waals surface area contributed by atoms with E-state index in [2.05, 4.69) is 22.5 Å². The van der Waals surface area contributed by atoms with E-state index in [0.29, 0.717) is 18.7 Å². The standard InChI is InChI=1S/C12H19N3O2/c1-3-5-14-11-4-6-13-9-10(11)12(16)15-7-8-17-2/h4,6,9H,3,5,7-8H2,1-2H3,(H,13,14)(H,15,16). The van der Waals surface area contributed by atoms with Gasteiger partial charge < -0.3 is 15.4 Å². The molecule has 1 aromatic heterocycles. The van der Waals surface area contributed by atoms with Gasteiger partial charge in [0.25, 0.3) is 5.91 Å². The van der Waals surface area contributed by atoms with Crippen molar-refractivity contribution < 1.29 is 9.53 Å². The lowest BCUT2D eigenvalue weighted by Gasteiger charge is -2.10. The average Bonchev–Trinajstić information content (AvgIpc) is 2.37. The number of hydrogen-bond acceptors (Lipinski definition) is 4. The second kappa shape index (κ2) is 7.62. The Hall–Kier alpha value is -1.62. The Kier molecular flexibility index (Phi) is 6.03. The molecule has 1 rings (SSSR count). The molecule has 0 unspecified atom stereocenters. The summed E-state index contributed by atoms with van der Waals surface area (Å²) in [6, 6.07) is 1.81. The zero-order chi connectivity index (χ0) is 12.5. The largest absolute Gasteiger partial charge is 0.384 e. The van der Waals surface area contributed by atoms with E-state index in [1.165, 1.54) is 0 Å². The molecule has 1 heterocycles. The van der Waals surface area contributed by atoms with Gasteiger partial charge in [-0.25, -0.2) is 0 Å². The number of nitrogens with zero attached hydrogens (tertiary/aromatic N) is 1. The van der Waals surface area contributed by atoms with Crippen molar-refractivity contribution in [1.82, 2.24) is 10.3 Å². The summed E-state index contributed by atoms with van der Waals surface area (Å²) in [6.07, 6.45) is 4.25. The van der Waals surface area contributed by atoms with Crippen LogP contribution in [-0.2, 0) is 4.74 Å². The van der Waals surface area contributed by atoms with Crippen molar-refractivity contribution >= 4 is 11.6 Å². The minimum Gasteiger partial charge on any atom is -0.384 e. The van der Waals surface area contributed by atoms with Gasteiger partial charge in [0.1, 0.15) is 0 Å². The van der Waals surface area contributed by atoms with E-state index in [1.54, 1.807) is 25.6 Å². The molecule has 0 aliphatic rings. The van der Waals surface area contributed by atoms with Crippen LogP contribution in [0.5, 0.6) is 0 Å². The number of anilines is 1. The zero-order valence-electron chi connectivity index (χ0n) is 10.3. The molecule has 94 valence electrons. The van der Waals surface area contributed by atoms with Crippen LogP contribution in [0.3, 0.4) is 0 Å². The normalized spacial score (nSPS) is 10.0. The highest BCUT2D eigenvalue weighted by Gasteiger charge is 2.10. The monoisotopic (exact) mass is 237 g/mol. The highest BCUT2D eigenvalue weighted by Crippen LogP contribution is 2.13. The van der Waals surface area contributed by atoms with Gasteiger partial charge in [-0.2, -0.15) is 0 Å². The highest BCUT2D eigenvalue weighted by atomic mass is 16.5. The van der Waals surface area contributed by atoms with Crippen LogP contribution in [0.4, 0.5) is 5.69 Å². The number of aromatic nitrogens is 1. The average molecular weight is 237 g/mol. The number of ether oxygens (including phenoxy) is 1. The molecule has 0 saturated carbocycles. The fourth-order valence-electron chi connectivity index (χ4n) is 1.35. The van der Waals surface area contributed by atoms with Gasteiger partial charge in [0.2, 0.25) is 0 Å². The summed E-state index contributed by atoms with van der Waals surface area (Å²) in [5.74, 6) is -0.131. The van der Waals surface area contributed by atoms with Crippen LogP contribution >= 0.6 is 0 Å². The maximum Gasteiger partial charge on any atom is 0.255 e. The summed E-state index contributed by atoms with van der Waals surface area (Å²) in [5.41, 5.74) is 1.38. The number of amides is 1. The predicted molar refractivity (Wildman–Crippen MR) is 67.2 cm³/mol. The topological polar surface area (TPSA) is 63.2 Å². The van der Waals surface area contributed by atoms with Crippen LogP contribution in [-0.4, -0.2) is 37.7 Å². The molecule has 0 spiro atoms. The minimum absolute atomic E-state index is 0.131. The SMILES string of the molecule is CCCNc1ccncc1C(=O)NCCOC. The smallest absolute Gasteiger partial charge is 0.255 e. The number of rotatable bonds is 7. The molecule has 0 radical (unpaired) electrons. The van der Waals surface area contributed by atoms with Crippen LogP contribution in [0, 0.1) is 0 Å². The molecule has 5 heteroatoms. The molecule has 0 atom stereocenters. The van der Waals surface area contributed by atoms with Gasteiger partial charge in [-0.15, -0.1) is 0 Å². The van der Waals surface area contributed by atoms with E-state index in [1.807, 2.05) is 0 Å². The van der Waals surface area contributed by atoms with Crippen molar-refractivity contribution in [3.8, 4) is 0 Å². The van der Waals surface area contributed by atoms with Gasteiger partial charge in [0.15, 0.2) is 0 Å². The molecule has 17 heavy (non-hydrogen) atoms. The Morgan fingerprint density at radius 1 is 1.47 bits per heavy atom. The van der Waals surface area contributed by atoms with Gasteiger partial charge in [0, 0.05) is 32.6 Å². The molecule has 1 aromatic rings. The first-order valence-electron chi connectivity index (χ1n) is 5.74. The van der Waals surface area contributed by atoms with Crippen molar-refractivity contribution in [2.75, 3.05) is 32.1 Å². The predicted octanol–water partition coefficient (Wildman–Crippen LogP) is 1.28. The number of methoxy groups -OCH3 is 1. The molecule has 2 N–H and O–H groups in total. The number of carbonyl (C=O) groups is 1. The summed E-state index contributed by atoms with van der Waals surface area (Å²) in [7, 11) is 1.60. The first-order valence-corrected chi connectivity index (χ1v) is 5.74. The van der Waals surface area contributed by atoms with Crippen molar-refractivity contribution in [3.63, 3.8) is 0 Å². The van der Waals surface area contributed by atoms with E-state index < -0.39 is 0 Å². The molecule has 0 saturated heterocycles. The molecule has 0 aromatic carbocycles. The third-order valence-corrected chi connectivity index (χ3v) is 2.22. The van der Waals surface area contributed by atoms with E-state index in [-0.39, 0.29) is 5.91 Å². The maximum absolute atomic E-state index is 11.9. The van der Waals surface area contributed by atoms with E-state index in [0.717, 1.165) is 18.7 Å². The quantitative estimate of drug-likeness (QED) is 0.701. The van der Waals surface area contributed by atoms with E-state index in [4.69, 9.17) is 4.74 Å². The van der Waals surface area contributed by atoms with Gasteiger partial charge >= 0.3 is 0 Å². The summed E-state index contributed by atoms with van der Waals surface area (Å²) in [6.45, 7) is 3.91. The molecule has 0 aliphatic carbocycles. The lowest BCUT2D eigenvalue weighted by Crippen LogP contribution is -2.27. The number of nitrogens with one attached hydrogen (secondary N) is 2. The summed E-state index contributed by atoms with van der Waals surface area (Å²) in [5, 5.41) is 5.97. The zero-order valence-corrected chi connectivity index (χ0v) is 10.3. The summed E-state index contributed by atoms with van der Waals surface area (Å²) in [4.78, 5) is 15.8. The molecular formula is C12H19N3O2. The molecular weight excluding hydrogens is 218 g/mol. The molecule has 0 fully saturated rings. The van der Waals surface area contributed by atoms with Crippen molar-refractivity contribution in [1.29, 1.82) is 0 Å². The minimum atomic E-state index is -0.131. The lowest BCUT2D eigenvalue weighted by molar-refractivity contribution is 0.0937. The Morgan fingerprint density at radius 3 is 3.00 bits per heavy atom. The van der Waals surface area contributed by atoms with Crippen LogP contribution in [0.2, 0.25) is 0 Å². The van der Waals surface area contributed by atoms with E-state index >= 15 is 0 Å². The fourth-order valence-corrected chi connectivity index (χ4v) is 1.35. The maximum atomic E-state index is 11.9. The first-order chi connectivity index (χ1) is 8.29. The second-order valence-corrected chi connectivity index (χ2v) is 3.60.